The molecule has 1 saturated heterocycles. The maximum Gasteiger partial charge on any atom is 0.233 e. The summed E-state index contributed by atoms with van der Waals surface area (Å²) < 4.78 is 2.10. The lowest BCUT2D eigenvalue weighted by molar-refractivity contribution is -0.135. The van der Waals surface area contributed by atoms with Crippen LogP contribution in [-0.4, -0.2) is 64.3 Å². The predicted octanol–water partition coefficient (Wildman–Crippen LogP) is 2.70. The molecular formula is C25H32ClN7O. The molecule has 1 aromatic heterocycles. The number of nitrogens with zero attached hydrogens (tertiary/aromatic N) is 4. The van der Waals surface area contributed by atoms with E-state index in [1.807, 2.05) is 36.2 Å². The number of benzene rings is 2. The molecule has 3 aromatic rings. The number of aryl methyl sites for hydroxylation is 1. The zero-order valence-corrected chi connectivity index (χ0v) is 20.5. The highest BCUT2D eigenvalue weighted by Crippen LogP contribution is 2.50. The van der Waals surface area contributed by atoms with E-state index in [1.54, 1.807) is 0 Å². The second kappa shape index (κ2) is 9.27. The quantitative estimate of drug-likeness (QED) is 0.371. The van der Waals surface area contributed by atoms with Gasteiger partial charge in [-0.15, -0.1) is 12.4 Å². The van der Waals surface area contributed by atoms with Gasteiger partial charge in [-0.05, 0) is 61.9 Å². The summed E-state index contributed by atoms with van der Waals surface area (Å²) in [6.45, 7) is 4.08. The van der Waals surface area contributed by atoms with E-state index in [0.29, 0.717) is 12.1 Å². The van der Waals surface area contributed by atoms with E-state index >= 15 is 0 Å². The molecule has 2 heterocycles. The highest BCUT2D eigenvalue weighted by Gasteiger charge is 2.53. The second-order valence-corrected chi connectivity index (χ2v) is 9.31. The molecule has 0 atom stereocenters. The molecule has 1 aliphatic carbocycles. The molecule has 2 aliphatic rings. The van der Waals surface area contributed by atoms with Crippen molar-refractivity contribution in [2.45, 2.75) is 24.8 Å². The average molecular weight is 482 g/mol. The molecule has 2 fully saturated rings. The number of carbonyl (C=O) groups excluding carboxylic acids is 1. The first-order chi connectivity index (χ1) is 15.9. The Labute approximate surface area is 206 Å². The molecule has 180 valence electrons. The monoisotopic (exact) mass is 481 g/mol. The van der Waals surface area contributed by atoms with Crippen LogP contribution in [0.5, 0.6) is 0 Å². The van der Waals surface area contributed by atoms with E-state index in [4.69, 9.17) is 16.1 Å². The highest BCUT2D eigenvalue weighted by atomic mass is 35.5. The van der Waals surface area contributed by atoms with Gasteiger partial charge in [0.05, 0.1) is 23.0 Å². The summed E-state index contributed by atoms with van der Waals surface area (Å²) in [7, 11) is 4.13. The fourth-order valence-corrected chi connectivity index (χ4v) is 4.72. The van der Waals surface area contributed by atoms with Crippen molar-refractivity contribution in [2.24, 2.45) is 12.8 Å². The van der Waals surface area contributed by atoms with Crippen molar-refractivity contribution in [3.63, 3.8) is 0 Å². The Morgan fingerprint density at radius 1 is 1.09 bits per heavy atom. The molecule has 34 heavy (non-hydrogen) atoms. The lowest BCUT2D eigenvalue weighted by Crippen LogP contribution is -2.50. The van der Waals surface area contributed by atoms with Crippen LogP contribution in [0.2, 0.25) is 0 Å². The van der Waals surface area contributed by atoms with E-state index in [2.05, 4.69) is 40.0 Å². The molecule has 8 nitrogen and oxygen atoms in total. The van der Waals surface area contributed by atoms with Gasteiger partial charge in [-0.3, -0.25) is 10.2 Å². The van der Waals surface area contributed by atoms with Crippen LogP contribution in [0.4, 0.5) is 5.69 Å². The summed E-state index contributed by atoms with van der Waals surface area (Å²) in [5.74, 6) is 1.27. The smallest absolute Gasteiger partial charge is 0.233 e. The van der Waals surface area contributed by atoms with Gasteiger partial charge in [0.15, 0.2) is 0 Å². The molecular weight excluding hydrogens is 450 g/mol. The highest BCUT2D eigenvalue weighted by molar-refractivity contribution is 5.95. The van der Waals surface area contributed by atoms with Crippen LogP contribution in [0.3, 0.4) is 0 Å². The number of piperazine rings is 1. The van der Waals surface area contributed by atoms with Crippen molar-refractivity contribution in [1.29, 1.82) is 5.41 Å². The SMILES string of the molecule is CN1CCN(C(=O)C2(c3ccc4c(c3)nc(CNc3ccc(C(=N)N)cc3)n4C)CC2)CC1.Cl. The molecule has 0 unspecified atom stereocenters. The van der Waals surface area contributed by atoms with Crippen LogP contribution >= 0.6 is 12.4 Å². The van der Waals surface area contributed by atoms with Gasteiger partial charge in [-0.1, -0.05) is 6.07 Å². The van der Waals surface area contributed by atoms with Crippen molar-refractivity contribution < 1.29 is 4.79 Å². The second-order valence-electron chi connectivity index (χ2n) is 9.31. The third kappa shape index (κ3) is 4.35. The van der Waals surface area contributed by atoms with Gasteiger partial charge in [-0.25, -0.2) is 4.98 Å². The van der Waals surface area contributed by atoms with Crippen LogP contribution in [0, 0.1) is 5.41 Å². The van der Waals surface area contributed by atoms with Crippen LogP contribution < -0.4 is 11.1 Å². The van der Waals surface area contributed by atoms with Crippen LogP contribution in [0.1, 0.15) is 29.8 Å². The number of fused-ring (bicyclic) bond motifs is 1. The van der Waals surface area contributed by atoms with Crippen molar-refractivity contribution in [1.82, 2.24) is 19.4 Å². The Kier molecular flexibility index (Phi) is 6.55. The third-order valence-electron chi connectivity index (χ3n) is 7.12. The molecule has 5 rings (SSSR count). The number of anilines is 1. The summed E-state index contributed by atoms with van der Waals surface area (Å²) >= 11 is 0. The van der Waals surface area contributed by atoms with Gasteiger partial charge in [0.1, 0.15) is 11.7 Å². The number of amides is 1. The minimum atomic E-state index is -0.363. The van der Waals surface area contributed by atoms with Gasteiger partial charge in [-0.2, -0.15) is 0 Å². The number of imidazole rings is 1. The largest absolute Gasteiger partial charge is 0.384 e. The van der Waals surface area contributed by atoms with Crippen molar-refractivity contribution in [2.75, 3.05) is 38.5 Å². The maximum atomic E-state index is 13.4. The summed E-state index contributed by atoms with van der Waals surface area (Å²) in [6, 6.07) is 13.8. The molecule has 2 aromatic carbocycles. The van der Waals surface area contributed by atoms with Crippen LogP contribution in [-0.2, 0) is 23.8 Å². The minimum Gasteiger partial charge on any atom is -0.384 e. The summed E-state index contributed by atoms with van der Waals surface area (Å²) in [5.41, 5.74) is 9.90. The number of hydrogen-bond donors (Lipinski definition) is 3. The number of nitrogens with two attached hydrogens (primary N) is 1. The fourth-order valence-electron chi connectivity index (χ4n) is 4.72. The number of carbonyl (C=O) groups is 1. The average Bonchev–Trinajstić information content (AvgIpc) is 3.57. The summed E-state index contributed by atoms with van der Waals surface area (Å²) in [6.07, 6.45) is 1.84. The Morgan fingerprint density at radius 3 is 2.38 bits per heavy atom. The van der Waals surface area contributed by atoms with E-state index in [9.17, 15) is 4.79 Å². The normalized spacial score (nSPS) is 17.3. The topological polar surface area (TPSA) is 103 Å². The zero-order valence-electron chi connectivity index (χ0n) is 19.7. The molecule has 4 N–H and O–H groups in total. The van der Waals surface area contributed by atoms with Crippen molar-refractivity contribution >= 4 is 40.9 Å². The zero-order chi connectivity index (χ0) is 23.2. The Morgan fingerprint density at radius 2 is 1.76 bits per heavy atom. The third-order valence-corrected chi connectivity index (χ3v) is 7.12. The van der Waals surface area contributed by atoms with Gasteiger partial charge in [0.25, 0.3) is 0 Å². The first-order valence-electron chi connectivity index (χ1n) is 11.5. The van der Waals surface area contributed by atoms with E-state index < -0.39 is 0 Å². The van der Waals surface area contributed by atoms with Gasteiger partial charge >= 0.3 is 0 Å². The first kappa shape index (κ1) is 24.0. The lowest BCUT2D eigenvalue weighted by Gasteiger charge is -2.35. The molecule has 9 heteroatoms. The Hall–Kier alpha value is -3.10. The number of halogens is 1. The number of nitrogen functional groups attached to an aromatic ring is 1. The summed E-state index contributed by atoms with van der Waals surface area (Å²) in [4.78, 5) is 22.6. The molecule has 0 radical (unpaired) electrons. The molecule has 0 bridgehead atoms. The van der Waals surface area contributed by atoms with Crippen LogP contribution in [0.15, 0.2) is 42.5 Å². The number of likely N-dealkylation sites (N-methyl/N-ethyl adjacent to an activating group) is 1. The predicted molar refractivity (Wildman–Crippen MR) is 138 cm³/mol. The van der Waals surface area contributed by atoms with E-state index in [1.165, 1.54) is 0 Å². The summed E-state index contributed by atoms with van der Waals surface area (Å²) in [5, 5.41) is 10.9. The number of nitrogens with one attached hydrogen (secondary N) is 2. The van der Waals surface area contributed by atoms with Gasteiger partial charge in [0, 0.05) is 44.5 Å². The number of hydrogen-bond acceptors (Lipinski definition) is 5. The minimum absolute atomic E-state index is 0. The molecule has 1 amide bonds. The van der Waals surface area contributed by atoms with E-state index in [0.717, 1.165) is 67.1 Å². The van der Waals surface area contributed by atoms with Crippen molar-refractivity contribution in [3.05, 3.63) is 59.4 Å². The van der Waals surface area contributed by atoms with Gasteiger partial charge < -0.3 is 25.4 Å². The molecule has 1 saturated carbocycles. The van der Waals surface area contributed by atoms with Gasteiger partial charge in [0.2, 0.25) is 5.91 Å². The lowest BCUT2D eigenvalue weighted by atomic mass is 9.93. The Bertz CT molecular complexity index is 1210. The van der Waals surface area contributed by atoms with Crippen LogP contribution in [0.25, 0.3) is 11.0 Å². The fraction of sp³-hybridized carbons (Fsp3) is 0.400. The number of aromatic nitrogens is 2. The first-order valence-corrected chi connectivity index (χ1v) is 11.5. The number of amidine groups is 1. The molecule has 1 aliphatic heterocycles. The number of rotatable bonds is 6. The standard InChI is InChI=1S/C25H31N7O.ClH/c1-30-11-13-32(14-12-30)24(33)25(9-10-25)18-5-8-21-20(15-18)29-22(31(21)2)16-28-19-6-3-17(4-7-19)23(26)27;/h3-8,15,28H,9-14,16H2,1-2H3,(H3,26,27);1H. The molecule has 0 spiro atoms. The van der Waals surface area contributed by atoms with Crippen molar-refractivity contribution in [3.8, 4) is 0 Å². The Balaban J connectivity index is 0.00000274. The van der Waals surface area contributed by atoms with E-state index in [-0.39, 0.29) is 29.6 Å². The maximum absolute atomic E-state index is 13.4.